The molecule has 3 aliphatic heterocycles. The highest BCUT2D eigenvalue weighted by molar-refractivity contribution is 5.95. The molecular weight excluding hydrogens is 542 g/mol. The molecule has 6 nitrogen and oxygen atoms in total. The van der Waals surface area contributed by atoms with Gasteiger partial charge >= 0.3 is 0 Å². The predicted octanol–water partition coefficient (Wildman–Crippen LogP) is 7.33. The fraction of sp³-hybridized carbons (Fsp3) is 0.395. The fourth-order valence-electron chi connectivity index (χ4n) is 8.75. The summed E-state index contributed by atoms with van der Waals surface area (Å²) < 4.78 is 2.53. The maximum absolute atomic E-state index is 13.6. The number of hydrogen-bond acceptors (Lipinski definition) is 4. The lowest BCUT2D eigenvalue weighted by Gasteiger charge is -2.45. The van der Waals surface area contributed by atoms with Crippen LogP contribution in [0.3, 0.4) is 0 Å². The molecule has 8 rings (SSSR count). The summed E-state index contributed by atoms with van der Waals surface area (Å²) in [6.07, 6.45) is 8.12. The van der Waals surface area contributed by atoms with Gasteiger partial charge in [-0.25, -0.2) is 9.97 Å². The second-order valence-electron chi connectivity index (χ2n) is 13.3. The minimum Gasteiger partial charge on any atom is -0.337 e. The Hall–Kier alpha value is -4.03. The van der Waals surface area contributed by atoms with Crippen LogP contribution in [0.4, 0.5) is 0 Å². The summed E-state index contributed by atoms with van der Waals surface area (Å²) >= 11 is 0. The standard InChI is InChI=1S/C38H41N5O/c1-27-39-34-13-7-8-14-36(34)43(27)32-25-30-16-17-31(26-32)42(30)24-21-38(29-10-3-2-4-11-29)19-22-41(23-20-38)37(44)35-18-15-28-9-5-6-12-33(28)40-35/h2-15,18,30-32H,16-17,19-26H2,1H3. The molecule has 2 atom stereocenters. The molecule has 3 aromatic carbocycles. The number of aryl methyl sites for hydroxylation is 1. The molecule has 5 heterocycles. The van der Waals surface area contributed by atoms with E-state index in [1.165, 1.54) is 36.8 Å². The first kappa shape index (κ1) is 27.5. The Morgan fingerprint density at radius 1 is 0.773 bits per heavy atom. The normalized spacial score (nSPS) is 23.4. The van der Waals surface area contributed by atoms with Gasteiger partial charge in [-0.1, -0.05) is 66.7 Å². The van der Waals surface area contributed by atoms with E-state index in [-0.39, 0.29) is 11.3 Å². The molecule has 3 fully saturated rings. The number of amides is 1. The molecular formula is C38H41N5O. The Balaban J connectivity index is 0.979. The Bertz CT molecular complexity index is 1790. The molecule has 0 radical (unpaired) electrons. The van der Waals surface area contributed by atoms with E-state index in [2.05, 4.69) is 71.0 Å². The van der Waals surface area contributed by atoms with E-state index < -0.39 is 0 Å². The van der Waals surface area contributed by atoms with E-state index in [0.29, 0.717) is 23.8 Å². The van der Waals surface area contributed by atoms with Gasteiger partial charge in [-0.3, -0.25) is 9.69 Å². The van der Waals surface area contributed by atoms with Crippen LogP contribution in [0.1, 0.15) is 72.9 Å². The Morgan fingerprint density at radius 3 is 2.23 bits per heavy atom. The molecule has 3 aliphatic rings. The van der Waals surface area contributed by atoms with Crippen LogP contribution in [-0.2, 0) is 5.41 Å². The summed E-state index contributed by atoms with van der Waals surface area (Å²) in [5.74, 6) is 1.20. The van der Waals surface area contributed by atoms with E-state index in [9.17, 15) is 4.79 Å². The number of benzene rings is 3. The SMILES string of the molecule is Cc1nc2ccccc2n1C1CC2CCC(C1)N2CCC1(c2ccccc2)CCN(C(=O)c2ccc3ccccc3n2)CC1. The van der Waals surface area contributed by atoms with Gasteiger partial charge in [-0.2, -0.15) is 0 Å². The van der Waals surface area contributed by atoms with Gasteiger partial charge in [0.05, 0.1) is 16.6 Å². The van der Waals surface area contributed by atoms with Crippen molar-refractivity contribution in [2.75, 3.05) is 19.6 Å². The van der Waals surface area contributed by atoms with Crippen molar-refractivity contribution < 1.29 is 4.79 Å². The number of carbonyl (C=O) groups excluding carboxylic acids is 1. The number of likely N-dealkylation sites (tertiary alicyclic amines) is 1. The van der Waals surface area contributed by atoms with Crippen molar-refractivity contribution in [1.82, 2.24) is 24.3 Å². The maximum atomic E-state index is 13.6. The van der Waals surface area contributed by atoms with Gasteiger partial charge in [0.25, 0.3) is 5.91 Å². The molecule has 5 aromatic rings. The average Bonchev–Trinajstić information content (AvgIpc) is 3.54. The highest BCUT2D eigenvalue weighted by Crippen LogP contribution is 2.45. The third-order valence-electron chi connectivity index (χ3n) is 11.1. The van der Waals surface area contributed by atoms with Gasteiger partial charge in [-0.05, 0) is 93.7 Å². The number of imidazole rings is 1. The molecule has 224 valence electrons. The van der Waals surface area contributed by atoms with Crippen molar-refractivity contribution in [2.45, 2.75) is 75.4 Å². The fourth-order valence-corrected chi connectivity index (χ4v) is 8.75. The summed E-state index contributed by atoms with van der Waals surface area (Å²) in [5.41, 5.74) is 5.35. The van der Waals surface area contributed by atoms with Crippen LogP contribution < -0.4 is 0 Å². The maximum Gasteiger partial charge on any atom is 0.272 e. The number of rotatable bonds is 6. The van der Waals surface area contributed by atoms with Crippen molar-refractivity contribution in [3.63, 3.8) is 0 Å². The first-order chi connectivity index (χ1) is 21.6. The van der Waals surface area contributed by atoms with Crippen LogP contribution in [0.15, 0.2) is 91.0 Å². The van der Waals surface area contributed by atoms with Gasteiger partial charge in [0.2, 0.25) is 0 Å². The molecule has 2 unspecified atom stereocenters. The van der Waals surface area contributed by atoms with E-state index in [1.807, 2.05) is 41.3 Å². The summed E-state index contributed by atoms with van der Waals surface area (Å²) in [6, 6.07) is 33.4. The summed E-state index contributed by atoms with van der Waals surface area (Å²) in [6.45, 7) is 4.83. The van der Waals surface area contributed by atoms with Crippen LogP contribution in [-0.4, -0.2) is 62.0 Å². The first-order valence-electron chi connectivity index (χ1n) is 16.5. The summed E-state index contributed by atoms with van der Waals surface area (Å²) in [5, 5.41) is 1.07. The molecule has 44 heavy (non-hydrogen) atoms. The van der Waals surface area contributed by atoms with E-state index >= 15 is 0 Å². The van der Waals surface area contributed by atoms with E-state index in [0.717, 1.165) is 61.1 Å². The lowest BCUT2D eigenvalue weighted by Crippen LogP contribution is -2.49. The van der Waals surface area contributed by atoms with Crippen molar-refractivity contribution in [3.8, 4) is 0 Å². The largest absolute Gasteiger partial charge is 0.337 e. The number of piperidine rings is 2. The highest BCUT2D eigenvalue weighted by atomic mass is 16.2. The average molecular weight is 584 g/mol. The summed E-state index contributed by atoms with van der Waals surface area (Å²) in [4.78, 5) is 28.1. The molecule has 0 N–H and O–H groups in total. The molecule has 2 aromatic heterocycles. The van der Waals surface area contributed by atoms with Crippen LogP contribution in [0, 0.1) is 6.92 Å². The number of fused-ring (bicyclic) bond motifs is 4. The van der Waals surface area contributed by atoms with Gasteiger partial charge < -0.3 is 9.47 Å². The quantitative estimate of drug-likeness (QED) is 0.210. The number of nitrogens with zero attached hydrogens (tertiary/aromatic N) is 5. The number of carbonyl (C=O) groups is 1. The highest BCUT2D eigenvalue weighted by Gasteiger charge is 2.44. The lowest BCUT2D eigenvalue weighted by atomic mass is 9.70. The van der Waals surface area contributed by atoms with E-state index in [1.54, 1.807) is 0 Å². The van der Waals surface area contributed by atoms with Gasteiger partial charge in [0.15, 0.2) is 0 Å². The molecule has 2 bridgehead atoms. The zero-order valence-electron chi connectivity index (χ0n) is 25.6. The van der Waals surface area contributed by atoms with Crippen LogP contribution >= 0.6 is 0 Å². The van der Waals surface area contributed by atoms with Crippen molar-refractivity contribution in [3.05, 3.63) is 108 Å². The van der Waals surface area contributed by atoms with Gasteiger partial charge in [-0.15, -0.1) is 0 Å². The van der Waals surface area contributed by atoms with Crippen LogP contribution in [0.25, 0.3) is 21.9 Å². The molecule has 3 saturated heterocycles. The first-order valence-corrected chi connectivity index (χ1v) is 16.5. The monoisotopic (exact) mass is 583 g/mol. The number of hydrogen-bond donors (Lipinski definition) is 0. The third-order valence-corrected chi connectivity index (χ3v) is 11.1. The lowest BCUT2D eigenvalue weighted by molar-refractivity contribution is 0.0602. The molecule has 0 saturated carbocycles. The second kappa shape index (κ2) is 11.2. The molecule has 6 heteroatoms. The Morgan fingerprint density at radius 2 is 1.45 bits per heavy atom. The second-order valence-corrected chi connectivity index (χ2v) is 13.3. The van der Waals surface area contributed by atoms with Crippen molar-refractivity contribution >= 4 is 27.8 Å². The minimum absolute atomic E-state index is 0.0554. The van der Waals surface area contributed by atoms with Crippen LogP contribution in [0.5, 0.6) is 0 Å². The Kier molecular flexibility index (Phi) is 6.98. The molecule has 0 aliphatic carbocycles. The number of aromatic nitrogens is 3. The van der Waals surface area contributed by atoms with Crippen LogP contribution in [0.2, 0.25) is 0 Å². The minimum atomic E-state index is 0.0554. The van der Waals surface area contributed by atoms with E-state index in [4.69, 9.17) is 9.97 Å². The molecule has 0 spiro atoms. The third kappa shape index (κ3) is 4.80. The van der Waals surface area contributed by atoms with Crippen molar-refractivity contribution in [1.29, 1.82) is 0 Å². The zero-order valence-corrected chi connectivity index (χ0v) is 25.6. The summed E-state index contributed by atoms with van der Waals surface area (Å²) in [7, 11) is 0. The number of pyridine rings is 1. The smallest absolute Gasteiger partial charge is 0.272 e. The number of para-hydroxylation sites is 3. The van der Waals surface area contributed by atoms with Crippen molar-refractivity contribution in [2.24, 2.45) is 0 Å². The molecule has 1 amide bonds. The van der Waals surface area contributed by atoms with Gasteiger partial charge in [0.1, 0.15) is 11.5 Å². The topological polar surface area (TPSA) is 54.3 Å². The van der Waals surface area contributed by atoms with Gasteiger partial charge in [0, 0.05) is 36.6 Å². The zero-order chi connectivity index (χ0) is 29.7. The predicted molar refractivity (Wildman–Crippen MR) is 176 cm³/mol. The Labute approximate surface area is 259 Å².